The molecule has 3 rings (SSSR count). The summed E-state index contributed by atoms with van der Waals surface area (Å²) in [5, 5.41) is 4.73. The fourth-order valence-electron chi connectivity index (χ4n) is 2.53. The number of hydrogen-bond acceptors (Lipinski definition) is 3. The van der Waals surface area contributed by atoms with Crippen molar-refractivity contribution in [3.05, 3.63) is 71.7 Å². The number of aryl methyl sites for hydroxylation is 1. The van der Waals surface area contributed by atoms with Crippen molar-refractivity contribution in [3.8, 4) is 0 Å². The Morgan fingerprint density at radius 3 is 2.76 bits per heavy atom. The molecule has 3 heteroatoms. The number of hydrogen-bond donors (Lipinski definition) is 1. The minimum atomic E-state index is 0.858. The van der Waals surface area contributed by atoms with E-state index in [2.05, 4.69) is 45.6 Å². The quantitative estimate of drug-likeness (QED) is 0.727. The fourth-order valence-corrected chi connectivity index (χ4v) is 2.53. The lowest BCUT2D eigenvalue weighted by Gasteiger charge is -2.09. The second-order valence-electron chi connectivity index (χ2n) is 5.19. The molecule has 106 valence electrons. The molecule has 0 atom stereocenters. The first kappa shape index (κ1) is 13.7. The van der Waals surface area contributed by atoms with Gasteiger partial charge in [0.2, 0.25) is 0 Å². The maximum Gasteiger partial charge on any atom is 0.0708 e. The Balaban J connectivity index is 1.65. The van der Waals surface area contributed by atoms with Gasteiger partial charge in [-0.15, -0.1) is 0 Å². The Hall–Kier alpha value is -2.26. The largest absolute Gasteiger partial charge is 0.312 e. The van der Waals surface area contributed by atoms with Crippen molar-refractivity contribution in [3.63, 3.8) is 0 Å². The van der Waals surface area contributed by atoms with E-state index >= 15 is 0 Å². The third-order valence-corrected chi connectivity index (χ3v) is 3.53. The van der Waals surface area contributed by atoms with Crippen LogP contribution < -0.4 is 5.32 Å². The van der Waals surface area contributed by atoms with E-state index in [1.54, 1.807) is 0 Å². The van der Waals surface area contributed by atoms with Crippen LogP contribution in [0.25, 0.3) is 10.9 Å². The SMILES string of the molecule is Cc1cc(CNCCc2ccccn2)c2ccccc2n1. The summed E-state index contributed by atoms with van der Waals surface area (Å²) < 4.78 is 0. The molecule has 0 saturated heterocycles. The number of pyridine rings is 2. The average molecular weight is 277 g/mol. The van der Waals surface area contributed by atoms with Crippen LogP contribution >= 0.6 is 0 Å². The van der Waals surface area contributed by atoms with Gasteiger partial charge in [-0.05, 0) is 36.8 Å². The van der Waals surface area contributed by atoms with Gasteiger partial charge >= 0.3 is 0 Å². The summed E-state index contributed by atoms with van der Waals surface area (Å²) >= 11 is 0. The van der Waals surface area contributed by atoms with Gasteiger partial charge < -0.3 is 5.32 Å². The van der Waals surface area contributed by atoms with Gasteiger partial charge in [-0.3, -0.25) is 9.97 Å². The van der Waals surface area contributed by atoms with Crippen molar-refractivity contribution in [2.24, 2.45) is 0 Å². The summed E-state index contributed by atoms with van der Waals surface area (Å²) in [5.74, 6) is 0. The van der Waals surface area contributed by atoms with E-state index in [1.807, 2.05) is 31.3 Å². The summed E-state index contributed by atoms with van der Waals surface area (Å²) in [6.07, 6.45) is 2.79. The van der Waals surface area contributed by atoms with Crippen LogP contribution in [-0.4, -0.2) is 16.5 Å². The van der Waals surface area contributed by atoms with Gasteiger partial charge in [-0.2, -0.15) is 0 Å². The summed E-state index contributed by atoms with van der Waals surface area (Å²) in [4.78, 5) is 8.91. The Bertz CT molecular complexity index is 723. The van der Waals surface area contributed by atoms with Gasteiger partial charge in [0, 0.05) is 42.5 Å². The van der Waals surface area contributed by atoms with Crippen molar-refractivity contribution in [1.29, 1.82) is 0 Å². The van der Waals surface area contributed by atoms with Crippen LogP contribution in [0, 0.1) is 6.92 Å². The van der Waals surface area contributed by atoms with E-state index in [1.165, 1.54) is 10.9 Å². The topological polar surface area (TPSA) is 37.8 Å². The first-order chi connectivity index (χ1) is 10.3. The molecule has 3 nitrogen and oxygen atoms in total. The number of benzene rings is 1. The number of nitrogens with zero attached hydrogens (tertiary/aromatic N) is 2. The highest BCUT2D eigenvalue weighted by Gasteiger charge is 2.03. The Labute approximate surface area is 125 Å². The summed E-state index contributed by atoms with van der Waals surface area (Å²) in [7, 11) is 0. The van der Waals surface area contributed by atoms with Crippen molar-refractivity contribution >= 4 is 10.9 Å². The van der Waals surface area contributed by atoms with Crippen molar-refractivity contribution in [2.75, 3.05) is 6.54 Å². The molecule has 2 heterocycles. The molecule has 0 bridgehead atoms. The molecule has 0 aliphatic carbocycles. The highest BCUT2D eigenvalue weighted by atomic mass is 14.9. The molecule has 0 aliphatic heterocycles. The molecule has 0 spiro atoms. The van der Waals surface area contributed by atoms with E-state index in [0.29, 0.717) is 0 Å². The zero-order chi connectivity index (χ0) is 14.5. The monoisotopic (exact) mass is 277 g/mol. The number of aromatic nitrogens is 2. The normalized spacial score (nSPS) is 10.9. The standard InChI is InChI=1S/C18H19N3/c1-14-12-15(17-7-2-3-8-18(17)21-14)13-19-11-9-16-6-4-5-10-20-16/h2-8,10,12,19H,9,11,13H2,1H3. The van der Waals surface area contributed by atoms with Crippen LogP contribution in [0.3, 0.4) is 0 Å². The average Bonchev–Trinajstić information content (AvgIpc) is 2.52. The molecule has 3 aromatic rings. The zero-order valence-electron chi connectivity index (χ0n) is 12.2. The number of nitrogens with one attached hydrogen (secondary N) is 1. The molecule has 21 heavy (non-hydrogen) atoms. The third-order valence-electron chi connectivity index (χ3n) is 3.53. The highest BCUT2D eigenvalue weighted by molar-refractivity contribution is 5.82. The molecule has 1 aromatic carbocycles. The molecule has 1 N–H and O–H groups in total. The van der Waals surface area contributed by atoms with Crippen molar-refractivity contribution in [2.45, 2.75) is 19.9 Å². The molecule has 0 fully saturated rings. The van der Waals surface area contributed by atoms with E-state index < -0.39 is 0 Å². The van der Waals surface area contributed by atoms with Gasteiger partial charge in [0.25, 0.3) is 0 Å². The maximum absolute atomic E-state index is 4.57. The third kappa shape index (κ3) is 3.44. The molecule has 0 saturated carbocycles. The molecular formula is C18H19N3. The maximum atomic E-state index is 4.57. The molecule has 2 aromatic heterocycles. The van der Waals surface area contributed by atoms with E-state index in [0.717, 1.165) is 36.4 Å². The van der Waals surface area contributed by atoms with Gasteiger partial charge in [0.1, 0.15) is 0 Å². The minimum absolute atomic E-state index is 0.858. The van der Waals surface area contributed by atoms with Crippen LogP contribution in [0.4, 0.5) is 0 Å². The fraction of sp³-hybridized carbons (Fsp3) is 0.222. The Morgan fingerprint density at radius 2 is 1.90 bits per heavy atom. The molecule has 0 amide bonds. The first-order valence-electron chi connectivity index (χ1n) is 7.29. The van der Waals surface area contributed by atoms with Crippen LogP contribution in [0.5, 0.6) is 0 Å². The van der Waals surface area contributed by atoms with Crippen molar-refractivity contribution < 1.29 is 0 Å². The second-order valence-corrected chi connectivity index (χ2v) is 5.19. The number of fused-ring (bicyclic) bond motifs is 1. The van der Waals surface area contributed by atoms with Gasteiger partial charge in [-0.25, -0.2) is 0 Å². The number of rotatable bonds is 5. The van der Waals surface area contributed by atoms with Crippen LogP contribution in [0.2, 0.25) is 0 Å². The first-order valence-corrected chi connectivity index (χ1v) is 7.29. The van der Waals surface area contributed by atoms with Gasteiger partial charge in [0.05, 0.1) is 5.52 Å². The van der Waals surface area contributed by atoms with Crippen LogP contribution in [0.1, 0.15) is 17.0 Å². The predicted octanol–water partition coefficient (Wildman–Crippen LogP) is 3.27. The van der Waals surface area contributed by atoms with Crippen molar-refractivity contribution in [1.82, 2.24) is 15.3 Å². The lowest BCUT2D eigenvalue weighted by atomic mass is 10.1. The second kappa shape index (κ2) is 6.46. The van der Waals surface area contributed by atoms with Crippen LogP contribution in [0.15, 0.2) is 54.7 Å². The zero-order valence-corrected chi connectivity index (χ0v) is 12.2. The molecule has 0 radical (unpaired) electrons. The minimum Gasteiger partial charge on any atom is -0.312 e. The lowest BCUT2D eigenvalue weighted by molar-refractivity contribution is 0.682. The Kier molecular flexibility index (Phi) is 4.22. The van der Waals surface area contributed by atoms with Crippen LogP contribution in [-0.2, 0) is 13.0 Å². The van der Waals surface area contributed by atoms with E-state index in [-0.39, 0.29) is 0 Å². The summed E-state index contributed by atoms with van der Waals surface area (Å²) in [6, 6.07) is 16.5. The highest BCUT2D eigenvalue weighted by Crippen LogP contribution is 2.17. The van der Waals surface area contributed by atoms with E-state index in [9.17, 15) is 0 Å². The Morgan fingerprint density at radius 1 is 1.05 bits per heavy atom. The van der Waals surface area contributed by atoms with Gasteiger partial charge in [0.15, 0.2) is 0 Å². The lowest BCUT2D eigenvalue weighted by Crippen LogP contribution is -2.17. The summed E-state index contributed by atoms with van der Waals surface area (Å²) in [5.41, 5.74) is 4.56. The van der Waals surface area contributed by atoms with E-state index in [4.69, 9.17) is 0 Å². The summed E-state index contributed by atoms with van der Waals surface area (Å²) in [6.45, 7) is 3.83. The molecular weight excluding hydrogens is 258 g/mol. The predicted molar refractivity (Wildman–Crippen MR) is 86.1 cm³/mol. The number of para-hydroxylation sites is 1. The smallest absolute Gasteiger partial charge is 0.0708 e. The van der Waals surface area contributed by atoms with Gasteiger partial charge in [-0.1, -0.05) is 24.3 Å². The molecule has 0 unspecified atom stereocenters. The molecule has 0 aliphatic rings.